The fraction of sp³-hybridized carbons (Fsp3) is 0.500. The highest BCUT2D eigenvalue weighted by atomic mass is 79.9. The number of hydrogen-bond acceptors (Lipinski definition) is 7. The van der Waals surface area contributed by atoms with Gasteiger partial charge in [-0.3, -0.25) is 9.69 Å². The molecule has 0 bridgehead atoms. The Morgan fingerprint density at radius 2 is 2.04 bits per heavy atom. The minimum absolute atomic E-state index is 0.0319. The molecule has 0 saturated carbocycles. The van der Waals surface area contributed by atoms with E-state index < -0.39 is 6.09 Å². The molecule has 3 aliphatic heterocycles. The van der Waals surface area contributed by atoms with Gasteiger partial charge in [0.05, 0.1) is 19.2 Å². The lowest BCUT2D eigenvalue weighted by Crippen LogP contribution is -2.73. The molecule has 10 heteroatoms. The second-order valence-corrected chi connectivity index (χ2v) is 8.85. The summed E-state index contributed by atoms with van der Waals surface area (Å²) in [6, 6.07) is 3.56. The number of nitrogens with one attached hydrogen (secondary N) is 1. The van der Waals surface area contributed by atoms with E-state index in [1.165, 1.54) is 7.11 Å². The Bertz CT molecular complexity index is 922. The second-order valence-electron chi connectivity index (χ2n) is 8.03. The minimum Gasteiger partial charge on any atom is -0.453 e. The van der Waals surface area contributed by atoms with Gasteiger partial charge in [0, 0.05) is 6.54 Å². The molecule has 4 rings (SSSR count). The maximum Gasteiger partial charge on any atom is 0.407 e. The van der Waals surface area contributed by atoms with Crippen LogP contribution in [-0.2, 0) is 9.53 Å². The predicted octanol–water partition coefficient (Wildman–Crippen LogP) is 2.09. The zero-order valence-corrected chi connectivity index (χ0v) is 17.6. The van der Waals surface area contributed by atoms with Crippen LogP contribution in [0.2, 0.25) is 0 Å². The number of aromatic nitrogens is 1. The monoisotopic (exact) mass is 448 g/mol. The number of alkyl carbamates (subject to hydrolysis) is 1. The molecule has 2 atom stereocenters. The summed E-state index contributed by atoms with van der Waals surface area (Å²) in [5, 5.41) is 2.89. The number of aliphatic imine (C=N–C) groups is 2. The first-order chi connectivity index (χ1) is 13.2. The first kappa shape index (κ1) is 18.9. The standard InChI is InChI=1S/C18H21BrN6O3/c1-18(2,3)13-10(21-17(27)28-4)7-24(13)15-16-23-12(26)8-25(16)14-9(20-15)5-6-11(19)22-14/h5-6,10,13H,7-8H2,1-4H3,(H,21,27). The molecule has 1 N–H and O–H groups in total. The van der Waals surface area contributed by atoms with E-state index in [0.29, 0.717) is 34.3 Å². The highest BCUT2D eigenvalue weighted by Crippen LogP contribution is 2.40. The van der Waals surface area contributed by atoms with Crippen molar-refractivity contribution >= 4 is 51.1 Å². The third-order valence-electron chi connectivity index (χ3n) is 5.04. The van der Waals surface area contributed by atoms with E-state index in [4.69, 9.17) is 9.73 Å². The van der Waals surface area contributed by atoms with Crippen molar-refractivity contribution in [3.8, 4) is 0 Å². The van der Waals surface area contributed by atoms with Crippen LogP contribution < -0.4 is 10.2 Å². The Kier molecular flexibility index (Phi) is 4.40. The van der Waals surface area contributed by atoms with Crippen LogP contribution in [0.4, 0.5) is 16.3 Å². The number of carbonyl (C=O) groups excluding carboxylic acids is 2. The number of nitrogens with zero attached hydrogens (tertiary/aromatic N) is 5. The highest BCUT2D eigenvalue weighted by Gasteiger charge is 2.51. The van der Waals surface area contributed by atoms with Crippen molar-refractivity contribution in [2.45, 2.75) is 32.9 Å². The lowest BCUT2D eigenvalue weighted by molar-refractivity contribution is -0.115. The van der Waals surface area contributed by atoms with Crippen molar-refractivity contribution in [2.24, 2.45) is 15.4 Å². The normalized spacial score (nSPS) is 23.4. The van der Waals surface area contributed by atoms with Crippen LogP contribution in [-0.4, -0.2) is 65.8 Å². The summed E-state index contributed by atoms with van der Waals surface area (Å²) in [4.78, 5) is 41.2. The fourth-order valence-corrected chi connectivity index (χ4v) is 4.26. The Morgan fingerprint density at radius 1 is 1.29 bits per heavy atom. The van der Waals surface area contributed by atoms with Gasteiger partial charge >= 0.3 is 6.09 Å². The van der Waals surface area contributed by atoms with Gasteiger partial charge < -0.3 is 15.0 Å². The van der Waals surface area contributed by atoms with Crippen molar-refractivity contribution in [1.29, 1.82) is 0 Å². The van der Waals surface area contributed by atoms with Crippen molar-refractivity contribution < 1.29 is 14.3 Å². The Balaban J connectivity index is 1.73. The lowest BCUT2D eigenvalue weighted by atomic mass is 9.75. The van der Waals surface area contributed by atoms with Gasteiger partial charge in [-0.05, 0) is 33.5 Å². The molecule has 1 saturated heterocycles. The quantitative estimate of drug-likeness (QED) is 0.660. The number of amidine groups is 2. The van der Waals surface area contributed by atoms with Gasteiger partial charge in [-0.25, -0.2) is 14.8 Å². The Labute approximate surface area is 171 Å². The number of likely N-dealkylation sites (tertiary alicyclic amines) is 1. The van der Waals surface area contributed by atoms with Gasteiger partial charge in [0.15, 0.2) is 17.5 Å². The summed E-state index contributed by atoms with van der Waals surface area (Å²) < 4.78 is 5.42. The van der Waals surface area contributed by atoms with Crippen LogP contribution in [0.3, 0.4) is 0 Å². The van der Waals surface area contributed by atoms with Gasteiger partial charge in [-0.1, -0.05) is 20.8 Å². The van der Waals surface area contributed by atoms with Crippen LogP contribution in [0.5, 0.6) is 0 Å². The maximum absolute atomic E-state index is 12.1. The molecular formula is C18H21BrN6O3. The molecule has 3 aliphatic rings. The molecule has 1 aromatic rings. The summed E-state index contributed by atoms with van der Waals surface area (Å²) in [6.07, 6.45) is -0.459. The minimum atomic E-state index is -0.459. The van der Waals surface area contributed by atoms with E-state index in [1.54, 1.807) is 4.90 Å². The number of halogens is 1. The molecule has 4 heterocycles. The molecule has 148 valence electrons. The number of methoxy groups -OCH3 is 1. The average molecular weight is 449 g/mol. The summed E-state index contributed by atoms with van der Waals surface area (Å²) in [5.74, 6) is 1.52. The van der Waals surface area contributed by atoms with E-state index in [9.17, 15) is 9.59 Å². The van der Waals surface area contributed by atoms with Crippen molar-refractivity contribution in [1.82, 2.24) is 15.2 Å². The molecule has 2 amide bonds. The van der Waals surface area contributed by atoms with Gasteiger partial charge in [0.2, 0.25) is 0 Å². The zero-order chi connectivity index (χ0) is 20.2. The van der Waals surface area contributed by atoms with Gasteiger partial charge in [0.25, 0.3) is 5.91 Å². The zero-order valence-electron chi connectivity index (χ0n) is 16.1. The van der Waals surface area contributed by atoms with Crippen molar-refractivity contribution in [2.75, 3.05) is 25.1 Å². The average Bonchev–Trinajstić information content (AvgIpc) is 2.98. The first-order valence-corrected chi connectivity index (χ1v) is 9.74. The summed E-state index contributed by atoms with van der Waals surface area (Å²) in [5.41, 5.74) is 0.530. The molecule has 9 nitrogen and oxygen atoms in total. The van der Waals surface area contributed by atoms with Gasteiger partial charge in [-0.2, -0.15) is 4.99 Å². The number of fused-ring (bicyclic) bond motifs is 3. The van der Waals surface area contributed by atoms with Crippen molar-refractivity contribution in [3.63, 3.8) is 0 Å². The lowest BCUT2D eigenvalue weighted by Gasteiger charge is -2.55. The van der Waals surface area contributed by atoms with Gasteiger partial charge in [-0.15, -0.1) is 0 Å². The van der Waals surface area contributed by atoms with Crippen LogP contribution >= 0.6 is 15.9 Å². The summed E-state index contributed by atoms with van der Waals surface area (Å²) >= 11 is 3.37. The molecule has 0 aliphatic carbocycles. The smallest absolute Gasteiger partial charge is 0.407 e. The molecule has 2 unspecified atom stereocenters. The van der Waals surface area contributed by atoms with E-state index in [0.717, 1.165) is 0 Å². The van der Waals surface area contributed by atoms with E-state index in [2.05, 4.69) is 56.9 Å². The SMILES string of the molecule is COC(=O)NC1CN(C2=Nc3ccc(Br)nc3N3CC(=O)N=C23)C1C(C)(C)C. The maximum atomic E-state index is 12.1. The number of hydrogen-bond donors (Lipinski definition) is 1. The molecule has 28 heavy (non-hydrogen) atoms. The second kappa shape index (κ2) is 6.54. The number of anilines is 1. The van der Waals surface area contributed by atoms with Gasteiger partial charge in [0.1, 0.15) is 16.8 Å². The van der Waals surface area contributed by atoms with E-state index >= 15 is 0 Å². The topological polar surface area (TPSA) is 99.5 Å². The molecule has 0 spiro atoms. The molecule has 0 radical (unpaired) electrons. The Hall–Kier alpha value is -2.49. The van der Waals surface area contributed by atoms with E-state index in [1.807, 2.05) is 12.1 Å². The highest BCUT2D eigenvalue weighted by molar-refractivity contribution is 9.10. The molecule has 0 aromatic carbocycles. The number of ether oxygens (including phenoxy) is 1. The first-order valence-electron chi connectivity index (χ1n) is 8.95. The largest absolute Gasteiger partial charge is 0.453 e. The molecular weight excluding hydrogens is 428 g/mol. The number of pyridine rings is 1. The number of carbonyl (C=O) groups is 2. The number of amides is 2. The third kappa shape index (κ3) is 3.05. The van der Waals surface area contributed by atoms with Crippen LogP contribution in [0.1, 0.15) is 20.8 Å². The molecule has 1 fully saturated rings. The van der Waals surface area contributed by atoms with Crippen LogP contribution in [0.25, 0.3) is 0 Å². The van der Waals surface area contributed by atoms with Crippen molar-refractivity contribution in [3.05, 3.63) is 16.7 Å². The number of rotatable bonds is 1. The summed E-state index contributed by atoms with van der Waals surface area (Å²) in [7, 11) is 1.35. The third-order valence-corrected chi connectivity index (χ3v) is 5.48. The fourth-order valence-electron chi connectivity index (χ4n) is 3.96. The predicted molar refractivity (Wildman–Crippen MR) is 108 cm³/mol. The molecule has 1 aromatic heterocycles. The summed E-state index contributed by atoms with van der Waals surface area (Å²) in [6.45, 7) is 7.00. The van der Waals surface area contributed by atoms with Crippen LogP contribution in [0.15, 0.2) is 26.7 Å². The van der Waals surface area contributed by atoms with Crippen LogP contribution in [0, 0.1) is 5.41 Å². The van der Waals surface area contributed by atoms with E-state index in [-0.39, 0.29) is 30.0 Å². The Morgan fingerprint density at radius 3 is 2.71 bits per heavy atom.